The van der Waals surface area contributed by atoms with E-state index in [1.54, 1.807) is 0 Å². The zero-order valence-electron chi connectivity index (χ0n) is 16.8. The van der Waals surface area contributed by atoms with Gasteiger partial charge in [0.25, 0.3) is 0 Å². The molecule has 0 bridgehead atoms. The van der Waals surface area contributed by atoms with Crippen LogP contribution < -0.4 is 4.74 Å². The van der Waals surface area contributed by atoms with Crippen LogP contribution in [0.15, 0.2) is 60.8 Å². The summed E-state index contributed by atoms with van der Waals surface area (Å²) in [7, 11) is 0. The smallest absolute Gasteiger partial charge is 0.119 e. The first-order valence-electron chi connectivity index (χ1n) is 10.4. The summed E-state index contributed by atoms with van der Waals surface area (Å²) in [6, 6.07) is 18.8. The Hall–Kier alpha value is -2.63. The Morgan fingerprint density at radius 2 is 1.97 bits per heavy atom. The van der Waals surface area contributed by atoms with E-state index in [0.29, 0.717) is 12.5 Å². The lowest BCUT2D eigenvalue weighted by atomic mass is 9.90. The third kappa shape index (κ3) is 5.25. The molecule has 1 aliphatic rings. The fourth-order valence-corrected chi connectivity index (χ4v) is 4.22. The van der Waals surface area contributed by atoms with E-state index in [2.05, 4.69) is 57.6 Å². The van der Waals surface area contributed by atoms with Gasteiger partial charge in [-0.2, -0.15) is 5.10 Å². The molecule has 5 nitrogen and oxygen atoms in total. The number of hydrogen-bond donors (Lipinski definition) is 2. The van der Waals surface area contributed by atoms with Gasteiger partial charge in [-0.1, -0.05) is 42.5 Å². The van der Waals surface area contributed by atoms with E-state index in [4.69, 9.17) is 9.84 Å². The van der Waals surface area contributed by atoms with Crippen LogP contribution in [0.25, 0.3) is 0 Å². The molecule has 1 unspecified atom stereocenters. The average molecular weight is 392 g/mol. The Morgan fingerprint density at radius 1 is 1.10 bits per heavy atom. The van der Waals surface area contributed by atoms with Gasteiger partial charge in [-0.25, -0.2) is 0 Å². The molecule has 3 aromatic rings. The maximum atomic E-state index is 8.95. The lowest BCUT2D eigenvalue weighted by molar-refractivity contribution is 0.195. The molecule has 0 aliphatic carbocycles. The van der Waals surface area contributed by atoms with Crippen molar-refractivity contribution in [1.29, 1.82) is 0 Å². The molecule has 4 rings (SSSR count). The predicted molar refractivity (Wildman–Crippen MR) is 114 cm³/mol. The first kappa shape index (κ1) is 19.7. The number of piperidine rings is 1. The van der Waals surface area contributed by atoms with Crippen LogP contribution in [-0.4, -0.2) is 46.5 Å². The number of aliphatic hydroxyl groups excluding tert-OH is 1. The lowest BCUT2D eigenvalue weighted by Gasteiger charge is -2.32. The number of aromatic amines is 1. The molecular weight excluding hydrogens is 362 g/mol. The minimum Gasteiger partial charge on any atom is -0.491 e. The number of hydrogen-bond acceptors (Lipinski definition) is 4. The van der Waals surface area contributed by atoms with Crippen LogP contribution >= 0.6 is 0 Å². The third-order valence-corrected chi connectivity index (χ3v) is 5.57. The maximum Gasteiger partial charge on any atom is 0.119 e. The van der Waals surface area contributed by atoms with Crippen LogP contribution in [0.5, 0.6) is 5.75 Å². The SMILES string of the molecule is OCCOc1cccc(CN2CCCC(c3[nH]ncc3Cc3ccccc3)C2)c1. The minimum absolute atomic E-state index is 0.0352. The number of aliphatic hydroxyl groups is 1. The Labute approximate surface area is 172 Å². The van der Waals surface area contributed by atoms with Crippen molar-refractivity contribution in [1.82, 2.24) is 15.1 Å². The highest BCUT2D eigenvalue weighted by Crippen LogP contribution is 2.30. The van der Waals surface area contributed by atoms with Crippen LogP contribution in [0.4, 0.5) is 0 Å². The molecule has 0 radical (unpaired) electrons. The number of H-pyrrole nitrogens is 1. The first-order chi connectivity index (χ1) is 14.3. The van der Waals surface area contributed by atoms with Crippen molar-refractivity contribution in [2.75, 3.05) is 26.3 Å². The summed E-state index contributed by atoms with van der Waals surface area (Å²) in [4.78, 5) is 2.52. The van der Waals surface area contributed by atoms with Gasteiger partial charge in [0, 0.05) is 31.1 Å². The van der Waals surface area contributed by atoms with Crippen molar-refractivity contribution >= 4 is 0 Å². The molecule has 1 saturated heterocycles. The fourth-order valence-electron chi connectivity index (χ4n) is 4.22. The molecule has 1 fully saturated rings. The van der Waals surface area contributed by atoms with E-state index in [-0.39, 0.29) is 6.61 Å². The second-order valence-electron chi connectivity index (χ2n) is 7.77. The van der Waals surface area contributed by atoms with Crippen molar-refractivity contribution in [3.05, 3.63) is 83.2 Å². The zero-order valence-corrected chi connectivity index (χ0v) is 16.8. The highest BCUT2D eigenvalue weighted by atomic mass is 16.5. The third-order valence-electron chi connectivity index (χ3n) is 5.57. The zero-order chi connectivity index (χ0) is 19.9. The second kappa shape index (κ2) is 9.72. The Bertz CT molecular complexity index is 894. The number of ether oxygens (including phenoxy) is 1. The number of rotatable bonds is 8. The molecule has 2 heterocycles. The molecule has 0 amide bonds. The molecule has 2 aromatic carbocycles. The van der Waals surface area contributed by atoms with Crippen molar-refractivity contribution in [3.8, 4) is 5.75 Å². The summed E-state index contributed by atoms with van der Waals surface area (Å²) in [5, 5.41) is 16.6. The predicted octanol–water partition coefficient (Wildman–Crippen LogP) is 3.75. The largest absolute Gasteiger partial charge is 0.491 e. The van der Waals surface area contributed by atoms with Crippen LogP contribution in [-0.2, 0) is 13.0 Å². The van der Waals surface area contributed by atoms with Gasteiger partial charge in [0.05, 0.1) is 12.8 Å². The minimum atomic E-state index is 0.0352. The summed E-state index contributed by atoms with van der Waals surface area (Å²) in [5.74, 6) is 1.31. The number of nitrogens with zero attached hydrogens (tertiary/aromatic N) is 2. The second-order valence-corrected chi connectivity index (χ2v) is 7.77. The van der Waals surface area contributed by atoms with Gasteiger partial charge in [-0.15, -0.1) is 0 Å². The van der Waals surface area contributed by atoms with Gasteiger partial charge in [0.1, 0.15) is 12.4 Å². The molecule has 0 saturated carbocycles. The van der Waals surface area contributed by atoms with Crippen molar-refractivity contribution in [2.45, 2.75) is 31.7 Å². The van der Waals surface area contributed by atoms with Gasteiger partial charge < -0.3 is 9.84 Å². The van der Waals surface area contributed by atoms with Crippen LogP contribution in [0.3, 0.4) is 0 Å². The van der Waals surface area contributed by atoms with Gasteiger partial charge >= 0.3 is 0 Å². The summed E-state index contributed by atoms with van der Waals surface area (Å²) in [6.45, 7) is 3.42. The van der Waals surface area contributed by atoms with E-state index in [1.807, 2.05) is 18.3 Å². The van der Waals surface area contributed by atoms with Gasteiger partial charge in [-0.3, -0.25) is 10.00 Å². The number of likely N-dealkylation sites (tertiary alicyclic amines) is 1. The van der Waals surface area contributed by atoms with E-state index in [9.17, 15) is 0 Å². The molecule has 1 aliphatic heterocycles. The summed E-state index contributed by atoms with van der Waals surface area (Å²) in [6.07, 6.45) is 5.30. The van der Waals surface area contributed by atoms with E-state index >= 15 is 0 Å². The lowest BCUT2D eigenvalue weighted by Crippen LogP contribution is -2.34. The number of nitrogens with one attached hydrogen (secondary N) is 1. The topological polar surface area (TPSA) is 61.4 Å². The molecule has 5 heteroatoms. The average Bonchev–Trinajstić information content (AvgIpc) is 3.21. The Morgan fingerprint density at radius 3 is 2.83 bits per heavy atom. The Balaban J connectivity index is 1.41. The monoisotopic (exact) mass is 391 g/mol. The number of aromatic nitrogens is 2. The van der Waals surface area contributed by atoms with Crippen LogP contribution in [0.2, 0.25) is 0 Å². The maximum absolute atomic E-state index is 8.95. The van der Waals surface area contributed by atoms with Gasteiger partial charge in [-0.05, 0) is 48.2 Å². The van der Waals surface area contributed by atoms with Crippen molar-refractivity contribution in [3.63, 3.8) is 0 Å². The molecule has 1 aromatic heterocycles. The number of benzene rings is 2. The molecule has 29 heavy (non-hydrogen) atoms. The quantitative estimate of drug-likeness (QED) is 0.614. The molecule has 0 spiro atoms. The van der Waals surface area contributed by atoms with Crippen molar-refractivity contribution < 1.29 is 9.84 Å². The summed E-state index contributed by atoms with van der Waals surface area (Å²) < 4.78 is 5.56. The molecule has 1 atom stereocenters. The highest BCUT2D eigenvalue weighted by Gasteiger charge is 2.24. The standard InChI is InChI=1S/C24H29N3O2/c28-12-13-29-23-10-4-8-20(15-23)17-27-11-5-9-21(18-27)24-22(16-25-26-24)14-19-6-2-1-3-7-19/h1-4,6-8,10,15-16,21,28H,5,9,11-14,17-18H2,(H,25,26). The summed E-state index contributed by atoms with van der Waals surface area (Å²) >= 11 is 0. The molecular formula is C24H29N3O2. The van der Waals surface area contributed by atoms with E-state index in [1.165, 1.54) is 35.2 Å². The van der Waals surface area contributed by atoms with Crippen LogP contribution in [0, 0.1) is 0 Å². The Kier molecular flexibility index (Phi) is 6.60. The highest BCUT2D eigenvalue weighted by molar-refractivity contribution is 5.30. The fraction of sp³-hybridized carbons (Fsp3) is 0.375. The summed E-state index contributed by atoms with van der Waals surface area (Å²) in [5.41, 5.74) is 5.17. The van der Waals surface area contributed by atoms with E-state index in [0.717, 1.165) is 31.8 Å². The van der Waals surface area contributed by atoms with Gasteiger partial charge in [0.15, 0.2) is 0 Å². The van der Waals surface area contributed by atoms with Crippen molar-refractivity contribution in [2.24, 2.45) is 0 Å². The van der Waals surface area contributed by atoms with Crippen LogP contribution in [0.1, 0.15) is 41.1 Å². The first-order valence-corrected chi connectivity index (χ1v) is 10.4. The normalized spacial score (nSPS) is 17.3. The van der Waals surface area contributed by atoms with Gasteiger partial charge in [0.2, 0.25) is 0 Å². The molecule has 2 N–H and O–H groups in total. The van der Waals surface area contributed by atoms with E-state index < -0.39 is 0 Å². The molecule has 152 valence electrons.